The van der Waals surface area contributed by atoms with Crippen molar-refractivity contribution in [2.45, 2.75) is 34.8 Å². The Kier molecular flexibility index (Phi) is 4.99. The Morgan fingerprint density at radius 2 is 1.84 bits per heavy atom. The molecule has 0 spiro atoms. The Balaban J connectivity index is 2.10. The van der Waals surface area contributed by atoms with Gasteiger partial charge in [0.1, 0.15) is 5.69 Å². The molecule has 0 saturated heterocycles. The van der Waals surface area contributed by atoms with Crippen molar-refractivity contribution in [2.24, 2.45) is 0 Å². The van der Waals surface area contributed by atoms with Crippen LogP contribution in [0.3, 0.4) is 0 Å². The van der Waals surface area contributed by atoms with Crippen LogP contribution in [-0.2, 0) is 6.18 Å². The lowest BCUT2D eigenvalue weighted by molar-refractivity contribution is -0.137. The summed E-state index contributed by atoms with van der Waals surface area (Å²) < 4.78 is 39.7. The summed E-state index contributed by atoms with van der Waals surface area (Å²) in [5.74, 6) is 0.0675. The SMILES string of the molecule is CC(O)c1nn(-c2c(Cl)cc(C(F)(F)F)cc2Cl)cc1C1CC1(Br)Br. The van der Waals surface area contributed by atoms with Gasteiger partial charge in [-0.15, -0.1) is 0 Å². The summed E-state index contributed by atoms with van der Waals surface area (Å²) in [5, 5.41) is 13.9. The fourth-order valence-corrected chi connectivity index (χ4v) is 4.41. The van der Waals surface area contributed by atoms with Gasteiger partial charge in [-0.25, -0.2) is 4.68 Å². The highest BCUT2D eigenvalue weighted by Gasteiger charge is 2.53. The monoisotopic (exact) mass is 520 g/mol. The van der Waals surface area contributed by atoms with E-state index in [9.17, 15) is 18.3 Å². The smallest absolute Gasteiger partial charge is 0.387 e. The van der Waals surface area contributed by atoms with Crippen LogP contribution in [0.4, 0.5) is 13.2 Å². The Labute approximate surface area is 168 Å². The second-order valence-electron chi connectivity index (χ2n) is 5.89. The van der Waals surface area contributed by atoms with Gasteiger partial charge in [-0.3, -0.25) is 0 Å². The summed E-state index contributed by atoms with van der Waals surface area (Å²) in [4.78, 5) is 0. The largest absolute Gasteiger partial charge is 0.416 e. The minimum atomic E-state index is -4.55. The maximum absolute atomic E-state index is 12.9. The highest BCUT2D eigenvalue weighted by molar-refractivity contribution is 9.25. The number of nitrogens with zero attached hydrogens (tertiary/aromatic N) is 2. The number of benzene rings is 1. The summed E-state index contributed by atoms with van der Waals surface area (Å²) in [7, 11) is 0. The molecule has 1 fully saturated rings. The van der Waals surface area contributed by atoms with E-state index in [0.717, 1.165) is 24.1 Å². The predicted octanol–water partition coefficient (Wildman–Crippen LogP) is 6.22. The van der Waals surface area contributed by atoms with E-state index in [1.165, 1.54) is 4.68 Å². The molecule has 0 amide bonds. The van der Waals surface area contributed by atoms with E-state index >= 15 is 0 Å². The van der Waals surface area contributed by atoms with Crippen LogP contribution in [0.15, 0.2) is 18.3 Å². The fraction of sp³-hybridized carbons (Fsp3) is 0.400. The molecule has 2 unspecified atom stereocenters. The molecule has 0 bridgehead atoms. The van der Waals surface area contributed by atoms with Crippen molar-refractivity contribution in [3.63, 3.8) is 0 Å². The molecular weight excluding hydrogens is 512 g/mol. The van der Waals surface area contributed by atoms with Crippen molar-refractivity contribution in [1.29, 1.82) is 0 Å². The van der Waals surface area contributed by atoms with Crippen molar-refractivity contribution in [1.82, 2.24) is 9.78 Å². The van der Waals surface area contributed by atoms with Crippen molar-refractivity contribution in [3.05, 3.63) is 45.2 Å². The van der Waals surface area contributed by atoms with Gasteiger partial charge in [0, 0.05) is 17.7 Å². The maximum Gasteiger partial charge on any atom is 0.416 e. The van der Waals surface area contributed by atoms with Gasteiger partial charge in [-0.05, 0) is 25.5 Å². The van der Waals surface area contributed by atoms with Crippen molar-refractivity contribution >= 4 is 55.1 Å². The highest BCUT2D eigenvalue weighted by atomic mass is 79.9. The molecule has 1 aliphatic carbocycles. The number of aliphatic hydroxyl groups is 1. The van der Waals surface area contributed by atoms with E-state index in [2.05, 4.69) is 37.0 Å². The number of halogens is 7. The summed E-state index contributed by atoms with van der Waals surface area (Å²) in [6.07, 6.45) is -2.98. The van der Waals surface area contributed by atoms with Gasteiger partial charge in [0.2, 0.25) is 0 Å². The first-order valence-corrected chi connectivity index (χ1v) is 9.48. The molecule has 1 aromatic carbocycles. The Morgan fingerprint density at radius 3 is 2.24 bits per heavy atom. The van der Waals surface area contributed by atoms with Gasteiger partial charge in [0.05, 0.1) is 30.6 Å². The highest BCUT2D eigenvalue weighted by Crippen LogP contribution is 2.63. The van der Waals surface area contributed by atoms with Crippen molar-refractivity contribution < 1.29 is 18.3 Å². The Bertz CT molecular complexity index is 814. The van der Waals surface area contributed by atoms with Gasteiger partial charge in [-0.2, -0.15) is 18.3 Å². The van der Waals surface area contributed by atoms with Crippen LogP contribution in [0, 0.1) is 0 Å². The number of hydrogen-bond donors (Lipinski definition) is 1. The lowest BCUT2D eigenvalue weighted by atomic mass is 10.1. The first-order valence-electron chi connectivity index (χ1n) is 7.14. The average Bonchev–Trinajstić information content (AvgIpc) is 2.90. The van der Waals surface area contributed by atoms with E-state index in [-0.39, 0.29) is 24.9 Å². The molecule has 3 rings (SSSR count). The van der Waals surface area contributed by atoms with Gasteiger partial charge in [0.25, 0.3) is 0 Å². The van der Waals surface area contributed by atoms with Crippen LogP contribution in [0.2, 0.25) is 10.0 Å². The third-order valence-electron chi connectivity index (χ3n) is 3.94. The minimum absolute atomic E-state index is 0.0675. The second-order valence-corrected chi connectivity index (χ2v) is 10.6. The van der Waals surface area contributed by atoms with Crippen LogP contribution < -0.4 is 0 Å². The van der Waals surface area contributed by atoms with E-state index in [1.54, 1.807) is 13.1 Å². The third-order valence-corrected chi connectivity index (χ3v) is 6.27. The molecular formula is C15H11Br2Cl2F3N2O. The summed E-state index contributed by atoms with van der Waals surface area (Å²) in [6, 6.07) is 1.62. The summed E-state index contributed by atoms with van der Waals surface area (Å²) in [6.45, 7) is 1.57. The summed E-state index contributed by atoms with van der Waals surface area (Å²) >= 11 is 19.1. The molecule has 1 aromatic heterocycles. The number of aliphatic hydroxyl groups excluding tert-OH is 1. The predicted molar refractivity (Wildman–Crippen MR) is 97.2 cm³/mol. The van der Waals surface area contributed by atoms with Crippen LogP contribution in [0.5, 0.6) is 0 Å². The molecule has 136 valence electrons. The number of rotatable bonds is 3. The molecule has 0 radical (unpaired) electrons. The van der Waals surface area contributed by atoms with Gasteiger partial charge in [-0.1, -0.05) is 55.1 Å². The maximum atomic E-state index is 12.9. The average molecular weight is 523 g/mol. The van der Waals surface area contributed by atoms with Gasteiger partial charge < -0.3 is 5.11 Å². The normalized spacial score (nSPS) is 20.6. The third kappa shape index (κ3) is 3.74. The molecule has 1 heterocycles. The van der Waals surface area contributed by atoms with E-state index in [0.29, 0.717) is 5.69 Å². The topological polar surface area (TPSA) is 38.1 Å². The molecule has 1 saturated carbocycles. The van der Waals surface area contributed by atoms with E-state index in [1.807, 2.05) is 0 Å². The lowest BCUT2D eigenvalue weighted by Crippen LogP contribution is -2.07. The first kappa shape index (κ1) is 19.5. The molecule has 2 atom stereocenters. The molecule has 1 aliphatic rings. The molecule has 25 heavy (non-hydrogen) atoms. The molecule has 3 nitrogen and oxygen atoms in total. The fourth-order valence-electron chi connectivity index (χ4n) is 2.61. The number of hydrogen-bond acceptors (Lipinski definition) is 2. The molecule has 0 aliphatic heterocycles. The van der Waals surface area contributed by atoms with Gasteiger partial charge in [0.15, 0.2) is 0 Å². The first-order chi connectivity index (χ1) is 11.4. The second kappa shape index (κ2) is 6.41. The van der Waals surface area contributed by atoms with Crippen LogP contribution in [0.25, 0.3) is 5.69 Å². The zero-order chi connectivity index (χ0) is 18.7. The summed E-state index contributed by atoms with van der Waals surface area (Å²) in [5.41, 5.74) is 0.407. The number of aromatic nitrogens is 2. The lowest BCUT2D eigenvalue weighted by Gasteiger charge is -2.12. The quantitative estimate of drug-likeness (QED) is 0.486. The molecule has 1 N–H and O–H groups in total. The van der Waals surface area contributed by atoms with Crippen molar-refractivity contribution in [2.75, 3.05) is 0 Å². The van der Waals surface area contributed by atoms with Crippen LogP contribution >= 0.6 is 55.1 Å². The molecule has 2 aromatic rings. The minimum Gasteiger partial charge on any atom is -0.387 e. The standard InChI is InChI=1S/C15H11Br2Cl2F3N2O/c1-6(25)12-8(9-4-14(9,16)17)5-24(23-12)13-10(18)2-7(3-11(13)19)15(20,21)22/h2-3,5-6,9,25H,4H2,1H3. The van der Waals surface area contributed by atoms with Crippen LogP contribution in [-0.4, -0.2) is 18.1 Å². The Morgan fingerprint density at radius 1 is 1.32 bits per heavy atom. The number of alkyl halides is 5. The zero-order valence-corrected chi connectivity index (χ0v) is 17.3. The van der Waals surface area contributed by atoms with Crippen molar-refractivity contribution in [3.8, 4) is 5.69 Å². The molecule has 10 heteroatoms. The van der Waals surface area contributed by atoms with Gasteiger partial charge >= 0.3 is 6.18 Å². The van der Waals surface area contributed by atoms with E-state index < -0.39 is 17.8 Å². The van der Waals surface area contributed by atoms with E-state index in [4.69, 9.17) is 23.2 Å². The zero-order valence-electron chi connectivity index (χ0n) is 12.6. The Hall–Kier alpha value is -0.280. The van der Waals surface area contributed by atoms with Crippen LogP contribution in [0.1, 0.15) is 42.2 Å².